The minimum Gasteiger partial charge on any atom is -0.224 e. The second kappa shape index (κ2) is 3.68. The maximum Gasteiger partial charge on any atom is 0.416 e. The van der Waals surface area contributed by atoms with Crippen molar-refractivity contribution in [3.63, 3.8) is 0 Å². The number of sulfone groups is 1. The van der Waals surface area contributed by atoms with E-state index in [9.17, 15) is 21.6 Å². The fraction of sp³-hybridized carbons (Fsp3) is 0.250. The van der Waals surface area contributed by atoms with Gasteiger partial charge in [0, 0.05) is 6.26 Å². The number of benzene rings is 1. The van der Waals surface area contributed by atoms with Crippen LogP contribution in [0.2, 0.25) is 5.02 Å². The first kappa shape index (κ1) is 12.3. The summed E-state index contributed by atoms with van der Waals surface area (Å²) < 4.78 is 58.7. The predicted octanol–water partition coefficient (Wildman–Crippen LogP) is 2.76. The van der Waals surface area contributed by atoms with Crippen LogP contribution in [0.25, 0.3) is 0 Å². The summed E-state index contributed by atoms with van der Waals surface area (Å²) in [6.07, 6.45) is -3.65. The Bertz CT molecular complexity index is 479. The fourth-order valence-corrected chi connectivity index (χ4v) is 2.31. The zero-order chi connectivity index (χ0) is 11.9. The first-order chi connectivity index (χ1) is 6.62. The quantitative estimate of drug-likeness (QED) is 0.776. The first-order valence-electron chi connectivity index (χ1n) is 3.69. The molecule has 0 spiro atoms. The van der Waals surface area contributed by atoms with E-state index >= 15 is 0 Å². The molecule has 1 rings (SSSR count). The molecule has 15 heavy (non-hydrogen) atoms. The molecule has 0 aliphatic rings. The molecular formula is C8H6ClF3O2S. The highest BCUT2D eigenvalue weighted by Crippen LogP contribution is 2.33. The Morgan fingerprint density at radius 1 is 1.27 bits per heavy atom. The van der Waals surface area contributed by atoms with E-state index in [1.54, 1.807) is 0 Å². The van der Waals surface area contributed by atoms with Gasteiger partial charge in [0.1, 0.15) is 0 Å². The Labute approximate surface area is 89.6 Å². The maximum atomic E-state index is 12.2. The number of hydrogen-bond donors (Lipinski definition) is 0. The molecule has 0 heterocycles. The van der Waals surface area contributed by atoms with Gasteiger partial charge in [-0.15, -0.1) is 0 Å². The summed E-state index contributed by atoms with van der Waals surface area (Å²) in [5.41, 5.74) is -0.972. The molecule has 0 radical (unpaired) electrons. The lowest BCUT2D eigenvalue weighted by molar-refractivity contribution is -0.137. The van der Waals surface area contributed by atoms with Gasteiger partial charge in [0.25, 0.3) is 0 Å². The van der Waals surface area contributed by atoms with E-state index in [1.165, 1.54) is 0 Å². The van der Waals surface area contributed by atoms with Gasteiger partial charge in [-0.05, 0) is 18.2 Å². The average molecular weight is 259 g/mol. The van der Waals surface area contributed by atoms with Gasteiger partial charge in [-0.2, -0.15) is 13.2 Å². The lowest BCUT2D eigenvalue weighted by Crippen LogP contribution is -2.06. The van der Waals surface area contributed by atoms with Crippen LogP contribution >= 0.6 is 11.6 Å². The lowest BCUT2D eigenvalue weighted by Gasteiger charge is -2.08. The molecule has 0 fully saturated rings. The van der Waals surface area contributed by atoms with Crippen molar-refractivity contribution in [1.29, 1.82) is 0 Å². The summed E-state index contributed by atoms with van der Waals surface area (Å²) in [5, 5.41) is -0.424. The van der Waals surface area contributed by atoms with E-state index in [1.807, 2.05) is 0 Å². The standard InChI is InChI=1S/C8H6ClF3O2S/c1-15(13,14)7-3-2-5(4-6(7)9)8(10,11)12/h2-4H,1H3. The molecule has 0 saturated heterocycles. The van der Waals surface area contributed by atoms with Crippen molar-refractivity contribution in [3.8, 4) is 0 Å². The summed E-state index contributed by atoms with van der Waals surface area (Å²) in [6.45, 7) is 0. The molecule has 0 aliphatic carbocycles. The van der Waals surface area contributed by atoms with Crippen LogP contribution in [0.15, 0.2) is 23.1 Å². The van der Waals surface area contributed by atoms with Crippen LogP contribution in [-0.2, 0) is 16.0 Å². The zero-order valence-corrected chi connectivity index (χ0v) is 9.04. The van der Waals surface area contributed by atoms with Crippen LogP contribution in [0, 0.1) is 0 Å². The van der Waals surface area contributed by atoms with E-state index in [4.69, 9.17) is 11.6 Å². The van der Waals surface area contributed by atoms with Gasteiger partial charge in [0.05, 0.1) is 15.5 Å². The number of halogens is 4. The van der Waals surface area contributed by atoms with Crippen molar-refractivity contribution in [3.05, 3.63) is 28.8 Å². The number of rotatable bonds is 1. The topological polar surface area (TPSA) is 34.1 Å². The van der Waals surface area contributed by atoms with Crippen molar-refractivity contribution in [2.45, 2.75) is 11.1 Å². The van der Waals surface area contributed by atoms with Crippen molar-refractivity contribution >= 4 is 21.4 Å². The van der Waals surface area contributed by atoms with Crippen molar-refractivity contribution < 1.29 is 21.6 Å². The summed E-state index contributed by atoms with van der Waals surface area (Å²) in [5.74, 6) is 0. The monoisotopic (exact) mass is 258 g/mol. The fourth-order valence-electron chi connectivity index (χ4n) is 0.978. The van der Waals surface area contributed by atoms with E-state index in [-0.39, 0.29) is 4.90 Å². The molecule has 1 aromatic rings. The van der Waals surface area contributed by atoms with Crippen LogP contribution in [0.3, 0.4) is 0 Å². The summed E-state index contributed by atoms with van der Waals surface area (Å²) >= 11 is 5.44. The minimum atomic E-state index is -4.53. The molecule has 0 bridgehead atoms. The third kappa shape index (κ3) is 2.85. The third-order valence-corrected chi connectivity index (χ3v) is 3.24. The summed E-state index contributed by atoms with van der Waals surface area (Å²) in [4.78, 5) is -0.308. The minimum absolute atomic E-state index is 0.308. The van der Waals surface area contributed by atoms with Crippen LogP contribution < -0.4 is 0 Å². The van der Waals surface area contributed by atoms with E-state index < -0.39 is 26.6 Å². The van der Waals surface area contributed by atoms with E-state index in [0.717, 1.165) is 12.3 Å². The highest BCUT2D eigenvalue weighted by atomic mass is 35.5. The molecule has 0 aliphatic heterocycles. The SMILES string of the molecule is CS(=O)(=O)c1ccc(C(F)(F)F)cc1Cl. The molecule has 0 saturated carbocycles. The Morgan fingerprint density at radius 3 is 2.13 bits per heavy atom. The van der Waals surface area contributed by atoms with Gasteiger partial charge in [0.15, 0.2) is 9.84 Å². The Hall–Kier alpha value is -0.750. The molecule has 1 aromatic carbocycles. The van der Waals surface area contributed by atoms with Crippen LogP contribution in [-0.4, -0.2) is 14.7 Å². The van der Waals surface area contributed by atoms with Gasteiger partial charge in [-0.1, -0.05) is 11.6 Å². The molecule has 0 atom stereocenters. The van der Waals surface area contributed by atoms with Crippen LogP contribution in [0.4, 0.5) is 13.2 Å². The number of alkyl halides is 3. The van der Waals surface area contributed by atoms with Crippen molar-refractivity contribution in [2.24, 2.45) is 0 Å². The molecular weight excluding hydrogens is 253 g/mol. The summed E-state index contributed by atoms with van der Waals surface area (Å²) in [7, 11) is -3.60. The molecule has 0 unspecified atom stereocenters. The van der Waals surface area contributed by atoms with Crippen LogP contribution in [0.1, 0.15) is 5.56 Å². The van der Waals surface area contributed by atoms with Gasteiger partial charge >= 0.3 is 6.18 Å². The molecule has 0 aromatic heterocycles. The summed E-state index contributed by atoms with van der Waals surface area (Å²) in [6, 6.07) is 2.13. The second-order valence-corrected chi connectivity index (χ2v) is 5.31. The van der Waals surface area contributed by atoms with Crippen LogP contribution in [0.5, 0.6) is 0 Å². The van der Waals surface area contributed by atoms with E-state index in [2.05, 4.69) is 0 Å². The Morgan fingerprint density at radius 2 is 1.80 bits per heavy atom. The van der Waals surface area contributed by atoms with Gasteiger partial charge < -0.3 is 0 Å². The maximum absolute atomic E-state index is 12.2. The average Bonchev–Trinajstić information content (AvgIpc) is 1.99. The Kier molecular flexibility index (Phi) is 3.02. The van der Waals surface area contributed by atoms with Crippen molar-refractivity contribution in [1.82, 2.24) is 0 Å². The van der Waals surface area contributed by atoms with E-state index in [0.29, 0.717) is 12.1 Å². The van der Waals surface area contributed by atoms with Gasteiger partial charge in [0.2, 0.25) is 0 Å². The second-order valence-electron chi connectivity index (χ2n) is 2.92. The highest BCUT2D eigenvalue weighted by molar-refractivity contribution is 7.90. The molecule has 7 heteroatoms. The smallest absolute Gasteiger partial charge is 0.224 e. The highest BCUT2D eigenvalue weighted by Gasteiger charge is 2.31. The van der Waals surface area contributed by atoms with Gasteiger partial charge in [-0.3, -0.25) is 0 Å². The lowest BCUT2D eigenvalue weighted by atomic mass is 10.2. The predicted molar refractivity (Wildman–Crippen MR) is 49.6 cm³/mol. The largest absolute Gasteiger partial charge is 0.416 e. The molecule has 0 amide bonds. The molecule has 84 valence electrons. The third-order valence-electron chi connectivity index (χ3n) is 1.66. The molecule has 0 N–H and O–H groups in total. The number of hydrogen-bond acceptors (Lipinski definition) is 2. The first-order valence-corrected chi connectivity index (χ1v) is 5.96. The van der Waals surface area contributed by atoms with Crippen molar-refractivity contribution in [2.75, 3.05) is 6.26 Å². The zero-order valence-electron chi connectivity index (χ0n) is 7.47. The Balaban J connectivity index is 3.34. The molecule has 2 nitrogen and oxygen atoms in total. The normalized spacial score (nSPS) is 12.9. The van der Waals surface area contributed by atoms with Gasteiger partial charge in [-0.25, -0.2) is 8.42 Å².